The van der Waals surface area contributed by atoms with Crippen molar-refractivity contribution in [2.45, 2.75) is 32.6 Å². The van der Waals surface area contributed by atoms with Crippen molar-refractivity contribution in [1.82, 2.24) is 0 Å². The number of rotatable bonds is 0. The van der Waals surface area contributed by atoms with Gasteiger partial charge in [-0.3, -0.25) is 4.79 Å². The van der Waals surface area contributed by atoms with Gasteiger partial charge in [-0.15, -0.1) is 0 Å². The highest BCUT2D eigenvalue weighted by Crippen LogP contribution is 2.36. The number of hydrogen-bond acceptors (Lipinski definition) is 1. The van der Waals surface area contributed by atoms with Gasteiger partial charge in [0.2, 0.25) is 0 Å². The van der Waals surface area contributed by atoms with Crippen LogP contribution in [-0.4, -0.2) is 5.78 Å². The van der Waals surface area contributed by atoms with Crippen LogP contribution in [0.2, 0.25) is 0 Å². The number of hydrogen-bond donors (Lipinski definition) is 0. The molecule has 0 saturated carbocycles. The zero-order valence-electron chi connectivity index (χ0n) is 6.81. The molecule has 0 fully saturated rings. The number of fused-ring (bicyclic) bond motifs is 1. The van der Waals surface area contributed by atoms with Gasteiger partial charge in [-0.05, 0) is 43.4 Å². The first-order chi connectivity index (χ1) is 5.27. The van der Waals surface area contributed by atoms with E-state index in [2.05, 4.69) is 6.92 Å². The average Bonchev–Trinajstić information content (AvgIpc) is 2.32. The van der Waals surface area contributed by atoms with Crippen LogP contribution in [0.4, 0.5) is 0 Å². The smallest absolute Gasteiger partial charge is 0.156 e. The molecule has 11 heavy (non-hydrogen) atoms. The van der Waals surface area contributed by atoms with Crippen molar-refractivity contribution in [3.8, 4) is 0 Å². The predicted octanol–water partition coefficient (Wildman–Crippen LogP) is 2.39. The summed E-state index contributed by atoms with van der Waals surface area (Å²) < 4.78 is 0. The van der Waals surface area contributed by atoms with E-state index in [9.17, 15) is 4.79 Å². The van der Waals surface area contributed by atoms with Crippen molar-refractivity contribution in [1.29, 1.82) is 0 Å². The molecule has 1 nitrogen and oxygen atoms in total. The highest BCUT2D eigenvalue weighted by Gasteiger charge is 2.21. The van der Waals surface area contributed by atoms with Crippen LogP contribution in [0, 0.1) is 0 Å². The second kappa shape index (κ2) is 2.33. The van der Waals surface area contributed by atoms with Gasteiger partial charge < -0.3 is 0 Å². The fourth-order valence-corrected chi connectivity index (χ4v) is 1.95. The van der Waals surface area contributed by atoms with Gasteiger partial charge in [-0.2, -0.15) is 0 Å². The van der Waals surface area contributed by atoms with Crippen molar-refractivity contribution in [3.05, 3.63) is 22.8 Å². The van der Waals surface area contributed by atoms with Gasteiger partial charge in [-0.1, -0.05) is 5.57 Å². The Kier molecular flexibility index (Phi) is 1.45. The molecule has 0 aromatic rings. The minimum Gasteiger partial charge on any atom is -0.295 e. The van der Waals surface area contributed by atoms with Crippen LogP contribution >= 0.6 is 0 Å². The monoisotopic (exact) mass is 148 g/mol. The molecule has 0 bridgehead atoms. The van der Waals surface area contributed by atoms with Gasteiger partial charge in [0.25, 0.3) is 0 Å². The van der Waals surface area contributed by atoms with Crippen LogP contribution in [0.1, 0.15) is 32.6 Å². The summed E-state index contributed by atoms with van der Waals surface area (Å²) >= 11 is 0. The summed E-state index contributed by atoms with van der Waals surface area (Å²) in [6.45, 7) is 2.19. The zero-order valence-corrected chi connectivity index (χ0v) is 6.81. The van der Waals surface area contributed by atoms with E-state index in [4.69, 9.17) is 0 Å². The summed E-state index contributed by atoms with van der Waals surface area (Å²) in [6, 6.07) is 0. The Morgan fingerprint density at radius 3 is 2.82 bits per heavy atom. The number of allylic oxidation sites excluding steroid dienone is 4. The van der Waals surface area contributed by atoms with Crippen molar-refractivity contribution < 1.29 is 4.79 Å². The van der Waals surface area contributed by atoms with Gasteiger partial charge in [-0.25, -0.2) is 0 Å². The fraction of sp³-hybridized carbons (Fsp3) is 0.500. The molecule has 0 atom stereocenters. The Labute approximate surface area is 66.8 Å². The number of ketones is 1. The van der Waals surface area contributed by atoms with E-state index in [1.54, 1.807) is 0 Å². The molecule has 2 aliphatic carbocycles. The molecule has 2 aliphatic rings. The lowest BCUT2D eigenvalue weighted by molar-refractivity contribution is -0.114. The highest BCUT2D eigenvalue weighted by atomic mass is 16.1. The molecule has 0 radical (unpaired) electrons. The van der Waals surface area contributed by atoms with Gasteiger partial charge >= 0.3 is 0 Å². The van der Waals surface area contributed by atoms with Crippen molar-refractivity contribution in [2.24, 2.45) is 0 Å². The van der Waals surface area contributed by atoms with Crippen molar-refractivity contribution in [2.75, 3.05) is 0 Å². The van der Waals surface area contributed by atoms with E-state index in [1.165, 1.54) is 23.1 Å². The lowest BCUT2D eigenvalue weighted by Gasteiger charge is -2.10. The molecule has 0 N–H and O–H groups in total. The summed E-state index contributed by atoms with van der Waals surface area (Å²) in [6.07, 6.45) is 5.85. The van der Waals surface area contributed by atoms with Gasteiger partial charge in [0, 0.05) is 6.42 Å². The van der Waals surface area contributed by atoms with Crippen LogP contribution in [0.25, 0.3) is 0 Å². The summed E-state index contributed by atoms with van der Waals surface area (Å²) in [4.78, 5) is 11.0. The van der Waals surface area contributed by atoms with Crippen LogP contribution in [-0.2, 0) is 4.79 Å². The summed E-state index contributed by atoms with van der Waals surface area (Å²) in [5, 5.41) is 0. The molecule has 0 aliphatic heterocycles. The molecule has 0 heterocycles. The molecule has 1 heteroatoms. The van der Waals surface area contributed by atoms with E-state index in [-0.39, 0.29) is 0 Å². The first kappa shape index (κ1) is 6.84. The molecular formula is C10H12O. The Balaban J connectivity index is 2.41. The molecule has 0 aromatic carbocycles. The zero-order chi connectivity index (χ0) is 7.84. The Hall–Kier alpha value is -0.850. The molecular weight excluding hydrogens is 136 g/mol. The van der Waals surface area contributed by atoms with Gasteiger partial charge in [0.05, 0.1) is 0 Å². The molecule has 2 rings (SSSR count). The molecule has 58 valence electrons. The Morgan fingerprint density at radius 2 is 2.00 bits per heavy atom. The van der Waals surface area contributed by atoms with Crippen molar-refractivity contribution >= 4 is 5.78 Å². The predicted molar refractivity (Wildman–Crippen MR) is 44.3 cm³/mol. The minimum absolute atomic E-state index is 0.318. The maximum Gasteiger partial charge on any atom is 0.156 e. The normalized spacial score (nSPS) is 23.7. The second-order valence-corrected chi connectivity index (χ2v) is 3.39. The third kappa shape index (κ3) is 1.05. The highest BCUT2D eigenvalue weighted by molar-refractivity contribution is 5.93. The van der Waals surface area contributed by atoms with Crippen LogP contribution in [0.3, 0.4) is 0 Å². The maximum absolute atomic E-state index is 11.0. The maximum atomic E-state index is 11.0. The largest absolute Gasteiger partial charge is 0.295 e. The lowest BCUT2D eigenvalue weighted by Crippen LogP contribution is -2.03. The third-order valence-electron chi connectivity index (χ3n) is 2.63. The van der Waals surface area contributed by atoms with Crippen LogP contribution < -0.4 is 0 Å². The van der Waals surface area contributed by atoms with E-state index < -0.39 is 0 Å². The Bertz CT molecular complexity index is 269. The molecule has 0 unspecified atom stereocenters. The van der Waals surface area contributed by atoms with Gasteiger partial charge in [0.15, 0.2) is 5.78 Å². The van der Waals surface area contributed by atoms with E-state index >= 15 is 0 Å². The van der Waals surface area contributed by atoms with Crippen molar-refractivity contribution in [3.63, 3.8) is 0 Å². The summed E-state index contributed by atoms with van der Waals surface area (Å²) in [5.41, 5.74) is 4.30. The van der Waals surface area contributed by atoms with Crippen LogP contribution in [0.5, 0.6) is 0 Å². The van der Waals surface area contributed by atoms with E-state index in [0.29, 0.717) is 5.78 Å². The molecule has 0 aromatic heterocycles. The quantitative estimate of drug-likeness (QED) is 0.515. The first-order valence-electron chi connectivity index (χ1n) is 4.20. The molecule has 0 amide bonds. The topological polar surface area (TPSA) is 17.1 Å². The summed E-state index contributed by atoms with van der Waals surface area (Å²) in [7, 11) is 0. The first-order valence-corrected chi connectivity index (χ1v) is 4.20. The van der Waals surface area contributed by atoms with E-state index in [0.717, 1.165) is 19.3 Å². The Morgan fingerprint density at radius 1 is 1.18 bits per heavy atom. The summed E-state index contributed by atoms with van der Waals surface area (Å²) in [5.74, 6) is 0.318. The molecule has 0 saturated heterocycles. The van der Waals surface area contributed by atoms with E-state index in [1.807, 2.05) is 6.08 Å². The minimum atomic E-state index is 0.318. The standard InChI is InChI=1S/C10H12O/c1-7-2-3-8-6-9(11)4-5-10(7)8/h6H,2-5H2,1H3. The average molecular weight is 148 g/mol. The fourth-order valence-electron chi connectivity index (χ4n) is 1.95. The SMILES string of the molecule is CC1=C2CCC(=O)C=C2CC1. The molecule has 0 spiro atoms. The number of carbonyl (C=O) groups is 1. The van der Waals surface area contributed by atoms with Gasteiger partial charge in [0.1, 0.15) is 0 Å². The second-order valence-electron chi connectivity index (χ2n) is 3.39. The third-order valence-corrected chi connectivity index (χ3v) is 2.63. The number of carbonyl (C=O) groups excluding carboxylic acids is 1. The van der Waals surface area contributed by atoms with Crippen LogP contribution in [0.15, 0.2) is 22.8 Å². The lowest BCUT2D eigenvalue weighted by atomic mass is 9.94.